The van der Waals surface area contributed by atoms with Gasteiger partial charge in [-0.25, -0.2) is 9.37 Å². The Morgan fingerprint density at radius 3 is 2.95 bits per heavy atom. The number of anilines is 1. The fraction of sp³-hybridized carbons (Fsp3) is 0.333. The lowest BCUT2D eigenvalue weighted by atomic mass is 10.1. The van der Waals surface area contributed by atoms with Crippen LogP contribution < -0.4 is 10.6 Å². The molecule has 1 aliphatic heterocycles. The summed E-state index contributed by atoms with van der Waals surface area (Å²) in [6.45, 7) is 2.28. The Kier molecular flexibility index (Phi) is 3.85. The van der Waals surface area contributed by atoms with Gasteiger partial charge in [0.1, 0.15) is 11.5 Å². The van der Waals surface area contributed by atoms with Crippen LogP contribution in [0.1, 0.15) is 22.5 Å². The van der Waals surface area contributed by atoms with E-state index in [9.17, 15) is 9.18 Å². The van der Waals surface area contributed by atoms with Crippen LogP contribution in [-0.4, -0.2) is 28.5 Å². The molecule has 0 unspecified atom stereocenters. The Morgan fingerprint density at radius 1 is 1.38 bits per heavy atom. The standard InChI is InChI=1S/C15H17FN4O/c16-12-4-2-11(3-5-12)6-8-17-14(21)13-10-20-9-1-7-18-15(20)19-13/h2-5,10H,1,6-9H2,(H,17,21)(H,18,19). The molecule has 2 heterocycles. The van der Waals surface area contributed by atoms with Crippen molar-refractivity contribution in [3.63, 3.8) is 0 Å². The second kappa shape index (κ2) is 5.95. The van der Waals surface area contributed by atoms with E-state index in [0.29, 0.717) is 18.7 Å². The fourth-order valence-corrected chi connectivity index (χ4v) is 2.35. The Balaban J connectivity index is 1.54. The summed E-state index contributed by atoms with van der Waals surface area (Å²) in [7, 11) is 0. The van der Waals surface area contributed by atoms with Gasteiger partial charge < -0.3 is 15.2 Å². The highest BCUT2D eigenvalue weighted by atomic mass is 19.1. The van der Waals surface area contributed by atoms with Crippen LogP contribution in [0, 0.1) is 5.82 Å². The zero-order chi connectivity index (χ0) is 14.7. The van der Waals surface area contributed by atoms with Crippen LogP contribution in [0.15, 0.2) is 30.5 Å². The van der Waals surface area contributed by atoms with E-state index in [2.05, 4.69) is 15.6 Å². The van der Waals surface area contributed by atoms with E-state index in [1.807, 2.05) is 4.57 Å². The van der Waals surface area contributed by atoms with Crippen LogP contribution in [0.2, 0.25) is 0 Å². The van der Waals surface area contributed by atoms with E-state index >= 15 is 0 Å². The number of hydrogen-bond donors (Lipinski definition) is 2. The molecule has 5 nitrogen and oxygen atoms in total. The Labute approximate surface area is 122 Å². The van der Waals surface area contributed by atoms with Gasteiger partial charge in [-0.05, 0) is 30.5 Å². The van der Waals surface area contributed by atoms with Crippen molar-refractivity contribution in [2.45, 2.75) is 19.4 Å². The van der Waals surface area contributed by atoms with Gasteiger partial charge in [-0.1, -0.05) is 12.1 Å². The molecule has 0 bridgehead atoms. The van der Waals surface area contributed by atoms with Crippen LogP contribution in [0.4, 0.5) is 10.3 Å². The predicted molar refractivity (Wildman–Crippen MR) is 77.8 cm³/mol. The molecule has 0 aliphatic carbocycles. The molecule has 110 valence electrons. The molecule has 0 saturated heterocycles. The Morgan fingerprint density at radius 2 is 2.19 bits per heavy atom. The average Bonchev–Trinajstić information content (AvgIpc) is 2.93. The van der Waals surface area contributed by atoms with Gasteiger partial charge in [-0.15, -0.1) is 0 Å². The molecule has 21 heavy (non-hydrogen) atoms. The number of halogens is 1. The highest BCUT2D eigenvalue weighted by Crippen LogP contribution is 2.13. The molecule has 2 aromatic rings. The summed E-state index contributed by atoms with van der Waals surface area (Å²) < 4.78 is 14.7. The molecule has 1 amide bonds. The lowest BCUT2D eigenvalue weighted by Gasteiger charge is -2.14. The number of nitrogens with one attached hydrogen (secondary N) is 2. The minimum Gasteiger partial charge on any atom is -0.356 e. The average molecular weight is 288 g/mol. The van der Waals surface area contributed by atoms with Crippen LogP contribution >= 0.6 is 0 Å². The van der Waals surface area contributed by atoms with Crippen LogP contribution in [-0.2, 0) is 13.0 Å². The Hall–Kier alpha value is -2.37. The zero-order valence-electron chi connectivity index (χ0n) is 11.6. The van der Waals surface area contributed by atoms with Crippen molar-refractivity contribution in [3.05, 3.63) is 47.5 Å². The van der Waals surface area contributed by atoms with Gasteiger partial charge in [0.2, 0.25) is 5.95 Å². The quantitative estimate of drug-likeness (QED) is 0.902. The first kappa shape index (κ1) is 13.6. The van der Waals surface area contributed by atoms with Gasteiger partial charge in [0.05, 0.1) is 0 Å². The van der Waals surface area contributed by atoms with E-state index in [1.165, 1.54) is 12.1 Å². The Bertz CT molecular complexity index is 612. The summed E-state index contributed by atoms with van der Waals surface area (Å²) in [6.07, 6.45) is 3.47. The minimum absolute atomic E-state index is 0.180. The molecule has 6 heteroatoms. The van der Waals surface area contributed by atoms with Crippen molar-refractivity contribution < 1.29 is 9.18 Å². The normalized spacial score (nSPS) is 13.4. The third-order valence-electron chi connectivity index (χ3n) is 3.48. The van der Waals surface area contributed by atoms with E-state index in [-0.39, 0.29) is 11.7 Å². The largest absolute Gasteiger partial charge is 0.356 e. The topological polar surface area (TPSA) is 59.0 Å². The highest BCUT2D eigenvalue weighted by molar-refractivity contribution is 5.92. The first-order valence-electron chi connectivity index (χ1n) is 7.06. The smallest absolute Gasteiger partial charge is 0.271 e. The number of carbonyl (C=O) groups excluding carboxylic acids is 1. The highest BCUT2D eigenvalue weighted by Gasteiger charge is 2.15. The number of rotatable bonds is 4. The zero-order valence-corrected chi connectivity index (χ0v) is 11.6. The summed E-state index contributed by atoms with van der Waals surface area (Å²) in [5.74, 6) is 0.324. The van der Waals surface area contributed by atoms with E-state index in [4.69, 9.17) is 0 Å². The maximum absolute atomic E-state index is 12.8. The number of amides is 1. The van der Waals surface area contributed by atoms with Crippen molar-refractivity contribution in [2.75, 3.05) is 18.4 Å². The molecule has 2 N–H and O–H groups in total. The van der Waals surface area contributed by atoms with E-state index in [0.717, 1.165) is 31.0 Å². The molecule has 1 aromatic carbocycles. The third-order valence-corrected chi connectivity index (χ3v) is 3.48. The molecular weight excluding hydrogens is 271 g/mol. The van der Waals surface area contributed by atoms with Gasteiger partial charge in [0, 0.05) is 25.8 Å². The molecule has 0 radical (unpaired) electrons. The van der Waals surface area contributed by atoms with Crippen molar-refractivity contribution in [2.24, 2.45) is 0 Å². The molecule has 3 rings (SSSR count). The fourth-order valence-electron chi connectivity index (χ4n) is 2.35. The van der Waals surface area contributed by atoms with Crippen LogP contribution in [0.25, 0.3) is 0 Å². The molecule has 0 fully saturated rings. The molecule has 0 spiro atoms. The summed E-state index contributed by atoms with van der Waals surface area (Å²) >= 11 is 0. The summed E-state index contributed by atoms with van der Waals surface area (Å²) in [5.41, 5.74) is 1.42. The van der Waals surface area contributed by atoms with Gasteiger partial charge in [-0.2, -0.15) is 0 Å². The maximum Gasteiger partial charge on any atom is 0.271 e. The summed E-state index contributed by atoms with van der Waals surface area (Å²) in [4.78, 5) is 16.3. The first-order valence-corrected chi connectivity index (χ1v) is 7.06. The lowest BCUT2D eigenvalue weighted by molar-refractivity contribution is 0.0949. The molecule has 0 atom stereocenters. The SMILES string of the molecule is O=C(NCCc1ccc(F)cc1)c1cn2c(n1)NCCC2. The molecular formula is C15H17FN4O. The number of aromatic nitrogens is 2. The van der Waals surface area contributed by atoms with Crippen LogP contribution in [0.5, 0.6) is 0 Å². The second-order valence-corrected chi connectivity index (χ2v) is 5.06. The number of hydrogen-bond acceptors (Lipinski definition) is 3. The summed E-state index contributed by atoms with van der Waals surface area (Å²) in [5, 5.41) is 6.00. The molecule has 1 aliphatic rings. The number of imidazole rings is 1. The predicted octanol–water partition coefficient (Wildman–Crippen LogP) is 1.81. The van der Waals surface area contributed by atoms with Gasteiger partial charge in [-0.3, -0.25) is 4.79 Å². The van der Waals surface area contributed by atoms with E-state index < -0.39 is 0 Å². The van der Waals surface area contributed by atoms with Crippen molar-refractivity contribution in [1.82, 2.24) is 14.9 Å². The number of benzene rings is 1. The van der Waals surface area contributed by atoms with Crippen molar-refractivity contribution >= 4 is 11.9 Å². The van der Waals surface area contributed by atoms with E-state index in [1.54, 1.807) is 18.3 Å². The van der Waals surface area contributed by atoms with Gasteiger partial charge in [0.15, 0.2) is 0 Å². The molecule has 0 saturated carbocycles. The lowest BCUT2D eigenvalue weighted by Crippen LogP contribution is -2.26. The minimum atomic E-state index is -0.251. The number of fused-ring (bicyclic) bond motifs is 1. The van der Waals surface area contributed by atoms with Crippen molar-refractivity contribution in [3.8, 4) is 0 Å². The maximum atomic E-state index is 12.8. The van der Waals surface area contributed by atoms with Gasteiger partial charge >= 0.3 is 0 Å². The monoisotopic (exact) mass is 288 g/mol. The second-order valence-electron chi connectivity index (χ2n) is 5.06. The summed E-state index contributed by atoms with van der Waals surface area (Å²) in [6, 6.07) is 6.29. The number of carbonyl (C=O) groups is 1. The number of aryl methyl sites for hydroxylation is 1. The number of nitrogens with zero attached hydrogens (tertiary/aromatic N) is 2. The van der Waals surface area contributed by atoms with Gasteiger partial charge in [0.25, 0.3) is 5.91 Å². The molecule has 1 aromatic heterocycles. The first-order chi connectivity index (χ1) is 10.2. The van der Waals surface area contributed by atoms with Crippen molar-refractivity contribution in [1.29, 1.82) is 0 Å². The third kappa shape index (κ3) is 3.21. The van der Waals surface area contributed by atoms with Crippen LogP contribution in [0.3, 0.4) is 0 Å².